The molecule has 1 aromatic carbocycles. The topological polar surface area (TPSA) is 0 Å². The van der Waals surface area contributed by atoms with Crippen LogP contribution < -0.4 is 0 Å². The van der Waals surface area contributed by atoms with Crippen molar-refractivity contribution >= 4 is 25.3 Å². The van der Waals surface area contributed by atoms with Crippen molar-refractivity contribution in [1.29, 1.82) is 0 Å². The smallest absolute Gasteiger partial charge is 0.0521 e. The van der Waals surface area contributed by atoms with Crippen molar-refractivity contribution in [2.75, 3.05) is 11.5 Å². The molecule has 70 valence electrons. The second-order valence-corrected chi connectivity index (χ2v) is 3.10. The molecule has 0 radical (unpaired) electrons. The van der Waals surface area contributed by atoms with Gasteiger partial charge in [0.1, 0.15) is 0 Å². The van der Waals surface area contributed by atoms with E-state index in [1.165, 1.54) is 0 Å². The molecule has 14 heavy (non-hydrogen) atoms. The molecule has 0 saturated heterocycles. The lowest BCUT2D eigenvalue weighted by Gasteiger charge is -1.94. The van der Waals surface area contributed by atoms with Crippen molar-refractivity contribution in [1.82, 2.24) is 0 Å². The average Bonchev–Trinajstić information content (AvgIpc) is 2.24. The van der Waals surface area contributed by atoms with Gasteiger partial charge in [0.05, 0.1) is 11.5 Å². The summed E-state index contributed by atoms with van der Waals surface area (Å²) in [4.78, 5) is 0. The van der Waals surface area contributed by atoms with Gasteiger partial charge >= 0.3 is 0 Å². The second-order valence-electron chi connectivity index (χ2n) is 2.47. The minimum absolute atomic E-state index is 0.564. The summed E-state index contributed by atoms with van der Waals surface area (Å²) in [7, 11) is 0. The molecule has 0 unspecified atom stereocenters. The lowest BCUT2D eigenvalue weighted by Crippen LogP contribution is -1.82. The first-order valence-electron chi connectivity index (χ1n) is 4.17. The summed E-state index contributed by atoms with van der Waals surface area (Å²) in [6, 6.07) is 7.82. The van der Waals surface area contributed by atoms with Crippen LogP contribution in [0.4, 0.5) is 0 Å². The van der Waals surface area contributed by atoms with E-state index in [2.05, 4.69) is 48.9 Å². The molecule has 1 rings (SSSR count). The van der Waals surface area contributed by atoms with Crippen molar-refractivity contribution in [2.45, 2.75) is 0 Å². The van der Waals surface area contributed by atoms with Crippen molar-refractivity contribution in [3.8, 4) is 23.7 Å². The maximum atomic E-state index is 4.03. The Morgan fingerprint density at radius 3 is 1.64 bits per heavy atom. The Bertz CT molecular complexity index is 372. The summed E-state index contributed by atoms with van der Waals surface area (Å²) in [5.41, 5.74) is 1.91. The molecule has 0 amide bonds. The van der Waals surface area contributed by atoms with E-state index < -0.39 is 0 Å². The van der Waals surface area contributed by atoms with Crippen molar-refractivity contribution in [3.63, 3.8) is 0 Å². The highest BCUT2D eigenvalue weighted by Gasteiger charge is 1.92. The van der Waals surface area contributed by atoms with Gasteiger partial charge in [0.15, 0.2) is 0 Å². The van der Waals surface area contributed by atoms with Gasteiger partial charge in [-0.15, -0.1) is 0 Å². The van der Waals surface area contributed by atoms with Gasteiger partial charge in [0.25, 0.3) is 0 Å². The highest BCUT2D eigenvalue weighted by Crippen LogP contribution is 2.05. The van der Waals surface area contributed by atoms with Crippen LogP contribution in [0.3, 0.4) is 0 Å². The Kier molecular flexibility index (Phi) is 5.15. The van der Waals surface area contributed by atoms with E-state index in [0.717, 1.165) is 11.1 Å². The van der Waals surface area contributed by atoms with Crippen LogP contribution in [0.25, 0.3) is 0 Å². The lowest BCUT2D eigenvalue weighted by molar-refractivity contribution is 1.58. The van der Waals surface area contributed by atoms with Gasteiger partial charge in [-0.3, -0.25) is 0 Å². The lowest BCUT2D eigenvalue weighted by atomic mass is 10.1. The van der Waals surface area contributed by atoms with Gasteiger partial charge in [0.2, 0.25) is 0 Å². The summed E-state index contributed by atoms with van der Waals surface area (Å²) in [6.07, 6.45) is 0. The van der Waals surface area contributed by atoms with E-state index in [4.69, 9.17) is 0 Å². The van der Waals surface area contributed by atoms with Gasteiger partial charge in [-0.25, -0.2) is 0 Å². The maximum Gasteiger partial charge on any atom is 0.0521 e. The first-order chi connectivity index (χ1) is 6.88. The van der Waals surface area contributed by atoms with Gasteiger partial charge in [-0.2, -0.15) is 25.3 Å². The first kappa shape index (κ1) is 11.1. The quantitative estimate of drug-likeness (QED) is 0.484. The van der Waals surface area contributed by atoms with Crippen molar-refractivity contribution < 1.29 is 0 Å². The van der Waals surface area contributed by atoms with Gasteiger partial charge in [0, 0.05) is 11.1 Å². The number of thiol groups is 2. The molecule has 0 aromatic heterocycles. The number of benzene rings is 1. The Hall–Kier alpha value is -0.960. The standard InChI is InChI=1S/C12H10S2/c13-9-3-7-11-5-1-2-6-12(11)8-4-10-14/h1-2,5-6,13-14H,9-10H2. The normalized spacial score (nSPS) is 8.14. The minimum Gasteiger partial charge on any atom is -0.166 e. The molecule has 1 aromatic rings. The zero-order valence-electron chi connectivity index (χ0n) is 7.62. The molecule has 0 bridgehead atoms. The van der Waals surface area contributed by atoms with Crippen molar-refractivity contribution in [2.24, 2.45) is 0 Å². The third-order valence-corrected chi connectivity index (χ3v) is 1.85. The third kappa shape index (κ3) is 3.42. The Morgan fingerprint density at radius 1 is 0.857 bits per heavy atom. The monoisotopic (exact) mass is 218 g/mol. The molecule has 0 aliphatic carbocycles. The number of hydrogen-bond donors (Lipinski definition) is 2. The highest BCUT2D eigenvalue weighted by atomic mass is 32.1. The van der Waals surface area contributed by atoms with Crippen LogP contribution in [0.1, 0.15) is 11.1 Å². The van der Waals surface area contributed by atoms with Crippen LogP contribution in [-0.4, -0.2) is 11.5 Å². The van der Waals surface area contributed by atoms with Gasteiger partial charge in [-0.1, -0.05) is 35.8 Å². The van der Waals surface area contributed by atoms with Crippen LogP contribution in [0.15, 0.2) is 24.3 Å². The fourth-order valence-electron chi connectivity index (χ4n) is 0.971. The molecule has 0 saturated carbocycles. The van der Waals surface area contributed by atoms with Crippen LogP contribution in [-0.2, 0) is 0 Å². The molecular weight excluding hydrogens is 208 g/mol. The Labute approximate surface area is 95.9 Å². The number of rotatable bonds is 0. The summed E-state index contributed by atoms with van der Waals surface area (Å²) in [5.74, 6) is 13.0. The second kappa shape index (κ2) is 6.49. The maximum absolute atomic E-state index is 4.03. The molecule has 2 heteroatoms. The molecular formula is C12H10S2. The van der Waals surface area contributed by atoms with Crippen LogP contribution in [0.5, 0.6) is 0 Å². The fraction of sp³-hybridized carbons (Fsp3) is 0.167. The van der Waals surface area contributed by atoms with Crippen LogP contribution in [0, 0.1) is 23.7 Å². The van der Waals surface area contributed by atoms with Crippen molar-refractivity contribution in [3.05, 3.63) is 35.4 Å². The SMILES string of the molecule is SCC#Cc1ccccc1C#CCS. The molecule has 0 nitrogen and oxygen atoms in total. The fourth-order valence-corrected chi connectivity index (χ4v) is 1.13. The summed E-state index contributed by atoms with van der Waals surface area (Å²) in [5, 5.41) is 0. The molecule has 0 spiro atoms. The van der Waals surface area contributed by atoms with E-state index in [9.17, 15) is 0 Å². The third-order valence-electron chi connectivity index (χ3n) is 1.53. The van der Waals surface area contributed by atoms with Gasteiger partial charge in [-0.05, 0) is 12.1 Å². The van der Waals surface area contributed by atoms with E-state index in [0.29, 0.717) is 11.5 Å². The van der Waals surface area contributed by atoms with E-state index in [-0.39, 0.29) is 0 Å². The minimum atomic E-state index is 0.564. The van der Waals surface area contributed by atoms with E-state index in [1.807, 2.05) is 24.3 Å². The average molecular weight is 218 g/mol. The Morgan fingerprint density at radius 2 is 1.29 bits per heavy atom. The summed E-state index contributed by atoms with van der Waals surface area (Å²) < 4.78 is 0. The predicted molar refractivity (Wildman–Crippen MR) is 67.9 cm³/mol. The molecule has 0 aliphatic rings. The van der Waals surface area contributed by atoms with E-state index >= 15 is 0 Å². The molecule has 0 fully saturated rings. The number of hydrogen-bond acceptors (Lipinski definition) is 2. The molecule has 0 atom stereocenters. The predicted octanol–water partition coefficient (Wildman–Crippen LogP) is 2.25. The summed E-state index contributed by atoms with van der Waals surface area (Å²) in [6.45, 7) is 0. The largest absolute Gasteiger partial charge is 0.166 e. The zero-order valence-corrected chi connectivity index (χ0v) is 9.41. The molecule has 0 heterocycles. The zero-order chi connectivity index (χ0) is 10.2. The Balaban J connectivity index is 3.03. The van der Waals surface area contributed by atoms with Crippen LogP contribution in [0.2, 0.25) is 0 Å². The first-order valence-corrected chi connectivity index (χ1v) is 5.43. The highest BCUT2D eigenvalue weighted by molar-refractivity contribution is 7.80. The molecule has 0 N–H and O–H groups in total. The summed E-state index contributed by atoms with van der Waals surface area (Å²) >= 11 is 8.07. The van der Waals surface area contributed by atoms with Gasteiger partial charge < -0.3 is 0 Å². The molecule has 0 aliphatic heterocycles. The van der Waals surface area contributed by atoms with E-state index in [1.54, 1.807) is 0 Å². The van der Waals surface area contributed by atoms with Crippen LogP contribution >= 0.6 is 25.3 Å².